The predicted molar refractivity (Wildman–Crippen MR) is 106 cm³/mol. The third-order valence-electron chi connectivity index (χ3n) is 4.25. The molecule has 0 saturated carbocycles. The molecule has 0 bridgehead atoms. The van der Waals surface area contributed by atoms with Gasteiger partial charge in [0.15, 0.2) is 5.13 Å². The van der Waals surface area contributed by atoms with Crippen molar-refractivity contribution < 1.29 is 14.3 Å². The number of nitrogens with zero attached hydrogens (tertiary/aromatic N) is 2. The van der Waals surface area contributed by atoms with Crippen molar-refractivity contribution in [2.75, 3.05) is 25.2 Å². The minimum absolute atomic E-state index is 0.0379. The van der Waals surface area contributed by atoms with Crippen LogP contribution in [0.25, 0.3) is 10.2 Å². The third kappa shape index (κ3) is 3.57. The molecule has 0 spiro atoms. The van der Waals surface area contributed by atoms with Gasteiger partial charge in [0.25, 0.3) is 5.91 Å². The van der Waals surface area contributed by atoms with E-state index in [-0.39, 0.29) is 12.0 Å². The first-order chi connectivity index (χ1) is 12.6. The van der Waals surface area contributed by atoms with E-state index in [1.54, 1.807) is 24.1 Å². The molecule has 1 atom stereocenters. The minimum Gasteiger partial charge on any atom is -0.497 e. The number of anilines is 1. The number of hydrogen-bond acceptors (Lipinski definition) is 6. The van der Waals surface area contributed by atoms with E-state index in [9.17, 15) is 4.79 Å². The maximum Gasteiger partial charge on any atom is 0.270 e. The van der Waals surface area contributed by atoms with Crippen molar-refractivity contribution in [3.63, 3.8) is 0 Å². The minimum atomic E-state index is -0.0941. The molecule has 26 heavy (non-hydrogen) atoms. The molecule has 1 aromatic carbocycles. The molecule has 0 aliphatic carbocycles. The van der Waals surface area contributed by atoms with Crippen molar-refractivity contribution >= 4 is 55.5 Å². The summed E-state index contributed by atoms with van der Waals surface area (Å²) in [5, 5.41) is 0.665. The Morgan fingerprint density at radius 2 is 2.27 bits per heavy atom. The van der Waals surface area contributed by atoms with Gasteiger partial charge in [-0.2, -0.15) is 0 Å². The first-order valence-corrected chi connectivity index (χ1v) is 10.3. The number of halogens is 1. The lowest BCUT2D eigenvalue weighted by atomic mass is 10.2. The summed E-state index contributed by atoms with van der Waals surface area (Å²) in [6.45, 7) is 1.24. The van der Waals surface area contributed by atoms with Gasteiger partial charge in [-0.1, -0.05) is 22.9 Å². The van der Waals surface area contributed by atoms with Crippen LogP contribution in [0, 0.1) is 0 Å². The standard InChI is InChI=1S/C18H17ClN2O3S2/c1-23-11-4-5-13-15(9-11)26-18(20-13)21(10-12-3-2-8-24-12)17(22)14-6-7-16(19)25-14/h4-7,9,12H,2-3,8,10H2,1H3. The second-order valence-electron chi connectivity index (χ2n) is 5.98. The number of carbonyl (C=O) groups excluding carboxylic acids is 1. The monoisotopic (exact) mass is 408 g/mol. The zero-order chi connectivity index (χ0) is 18.1. The first kappa shape index (κ1) is 17.7. The summed E-state index contributed by atoms with van der Waals surface area (Å²) >= 11 is 8.78. The SMILES string of the molecule is COc1ccc2nc(N(CC3CCCO3)C(=O)c3ccc(Cl)s3)sc2c1. The smallest absolute Gasteiger partial charge is 0.270 e. The molecule has 1 unspecified atom stereocenters. The Kier molecular flexibility index (Phi) is 5.13. The van der Waals surface area contributed by atoms with E-state index >= 15 is 0 Å². The van der Waals surface area contributed by atoms with E-state index in [2.05, 4.69) is 4.98 Å². The lowest BCUT2D eigenvalue weighted by molar-refractivity contribution is 0.0920. The Bertz CT molecular complexity index is 934. The van der Waals surface area contributed by atoms with Crippen molar-refractivity contribution in [2.24, 2.45) is 0 Å². The molecule has 4 rings (SSSR count). The summed E-state index contributed by atoms with van der Waals surface area (Å²) in [5.74, 6) is 0.679. The molecule has 8 heteroatoms. The van der Waals surface area contributed by atoms with Crippen LogP contribution in [0.5, 0.6) is 5.75 Å². The highest BCUT2D eigenvalue weighted by molar-refractivity contribution is 7.22. The van der Waals surface area contributed by atoms with E-state index < -0.39 is 0 Å². The van der Waals surface area contributed by atoms with Gasteiger partial charge >= 0.3 is 0 Å². The summed E-state index contributed by atoms with van der Waals surface area (Å²) < 4.78 is 12.6. The number of thiophene rings is 1. The van der Waals surface area contributed by atoms with Crippen molar-refractivity contribution in [1.82, 2.24) is 4.98 Å². The molecular formula is C18H17ClN2O3S2. The van der Waals surface area contributed by atoms with Gasteiger partial charge in [0.2, 0.25) is 0 Å². The number of fused-ring (bicyclic) bond motifs is 1. The van der Waals surface area contributed by atoms with E-state index in [0.717, 1.165) is 35.4 Å². The molecule has 1 amide bonds. The second-order valence-corrected chi connectivity index (χ2v) is 8.71. The van der Waals surface area contributed by atoms with Gasteiger partial charge in [-0.15, -0.1) is 11.3 Å². The highest BCUT2D eigenvalue weighted by atomic mass is 35.5. The highest BCUT2D eigenvalue weighted by Gasteiger charge is 2.27. The summed E-state index contributed by atoms with van der Waals surface area (Å²) in [6.07, 6.45) is 2.01. The largest absolute Gasteiger partial charge is 0.497 e. The molecule has 2 aromatic heterocycles. The van der Waals surface area contributed by atoms with Crippen LogP contribution in [0.1, 0.15) is 22.5 Å². The lowest BCUT2D eigenvalue weighted by Crippen LogP contribution is -2.37. The first-order valence-electron chi connectivity index (χ1n) is 8.27. The van der Waals surface area contributed by atoms with Gasteiger partial charge in [-0.05, 0) is 43.2 Å². The molecule has 1 aliphatic rings. The highest BCUT2D eigenvalue weighted by Crippen LogP contribution is 2.34. The van der Waals surface area contributed by atoms with E-state index in [1.807, 2.05) is 18.2 Å². The summed E-state index contributed by atoms with van der Waals surface area (Å²) in [4.78, 5) is 20.1. The van der Waals surface area contributed by atoms with E-state index in [4.69, 9.17) is 21.1 Å². The molecule has 1 fully saturated rings. The number of ether oxygens (including phenoxy) is 2. The zero-order valence-corrected chi connectivity index (χ0v) is 16.5. The number of benzene rings is 1. The summed E-state index contributed by atoms with van der Waals surface area (Å²) in [6, 6.07) is 9.22. The van der Waals surface area contributed by atoms with Gasteiger partial charge in [0.1, 0.15) is 5.75 Å². The van der Waals surface area contributed by atoms with Gasteiger partial charge in [-0.25, -0.2) is 4.98 Å². The Hall–Kier alpha value is -1.67. The Balaban J connectivity index is 1.70. The number of amides is 1. The van der Waals surface area contributed by atoms with E-state index in [1.165, 1.54) is 22.7 Å². The fourth-order valence-corrected chi connectivity index (χ4v) is 4.93. The van der Waals surface area contributed by atoms with E-state index in [0.29, 0.717) is 20.9 Å². The normalized spacial score (nSPS) is 16.9. The van der Waals surface area contributed by atoms with Crippen molar-refractivity contribution in [2.45, 2.75) is 18.9 Å². The van der Waals surface area contributed by atoms with Crippen LogP contribution in [0.4, 0.5) is 5.13 Å². The Labute approximate surface area is 164 Å². The maximum atomic E-state index is 13.1. The maximum absolute atomic E-state index is 13.1. The van der Waals surface area contributed by atoms with Gasteiger partial charge < -0.3 is 9.47 Å². The lowest BCUT2D eigenvalue weighted by Gasteiger charge is -2.22. The number of methoxy groups -OCH3 is 1. The predicted octanol–water partition coefficient (Wildman–Crippen LogP) is 4.85. The topological polar surface area (TPSA) is 51.7 Å². The molecular weight excluding hydrogens is 392 g/mol. The van der Waals surface area contributed by atoms with Crippen molar-refractivity contribution in [3.05, 3.63) is 39.5 Å². The summed E-state index contributed by atoms with van der Waals surface area (Å²) in [7, 11) is 1.64. The van der Waals surface area contributed by atoms with Crippen molar-refractivity contribution in [3.8, 4) is 5.75 Å². The average molecular weight is 409 g/mol. The number of thiazole rings is 1. The van der Waals surface area contributed by atoms with Crippen LogP contribution >= 0.6 is 34.3 Å². The van der Waals surface area contributed by atoms with Crippen LogP contribution in [0.15, 0.2) is 30.3 Å². The van der Waals surface area contributed by atoms with Crippen LogP contribution in [0.2, 0.25) is 4.34 Å². The molecule has 0 radical (unpaired) electrons. The summed E-state index contributed by atoms with van der Waals surface area (Å²) in [5.41, 5.74) is 0.847. The van der Waals surface area contributed by atoms with Crippen LogP contribution in [-0.2, 0) is 4.74 Å². The zero-order valence-electron chi connectivity index (χ0n) is 14.1. The molecule has 136 valence electrons. The van der Waals surface area contributed by atoms with Gasteiger partial charge in [0.05, 0.1) is 39.2 Å². The van der Waals surface area contributed by atoms with Crippen LogP contribution in [0.3, 0.4) is 0 Å². The second kappa shape index (κ2) is 7.52. The Morgan fingerprint density at radius 3 is 2.96 bits per heavy atom. The third-order valence-corrected chi connectivity index (χ3v) is 6.51. The molecule has 1 aliphatic heterocycles. The number of aromatic nitrogens is 1. The number of carbonyl (C=O) groups is 1. The van der Waals surface area contributed by atoms with Gasteiger partial charge in [0, 0.05) is 6.61 Å². The molecule has 5 nitrogen and oxygen atoms in total. The fourth-order valence-electron chi connectivity index (χ4n) is 2.94. The van der Waals surface area contributed by atoms with Crippen LogP contribution < -0.4 is 9.64 Å². The fraction of sp³-hybridized carbons (Fsp3) is 0.333. The number of hydrogen-bond donors (Lipinski definition) is 0. The Morgan fingerprint density at radius 1 is 1.38 bits per heavy atom. The molecule has 3 heterocycles. The molecule has 0 N–H and O–H groups in total. The molecule has 1 saturated heterocycles. The van der Waals surface area contributed by atoms with Gasteiger partial charge in [-0.3, -0.25) is 9.69 Å². The molecule has 3 aromatic rings. The average Bonchev–Trinajstić information content (AvgIpc) is 3.38. The van der Waals surface area contributed by atoms with Crippen molar-refractivity contribution in [1.29, 1.82) is 0 Å². The van der Waals surface area contributed by atoms with Crippen LogP contribution in [-0.4, -0.2) is 37.3 Å². The quantitative estimate of drug-likeness (QED) is 0.605. The number of rotatable bonds is 5.